The third kappa shape index (κ3) is 1.21. The van der Waals surface area contributed by atoms with E-state index in [0.29, 0.717) is 24.0 Å². The summed E-state index contributed by atoms with van der Waals surface area (Å²) < 4.78 is 0. The van der Waals surface area contributed by atoms with Crippen molar-refractivity contribution in [3.63, 3.8) is 0 Å². The topological polar surface area (TPSA) is 26.7 Å². The van der Waals surface area contributed by atoms with Crippen molar-refractivity contribution in [2.45, 2.75) is 55.8 Å². The number of hydrogen-bond donors (Lipinski definition) is 1. The second-order valence-corrected chi connectivity index (χ2v) is 8.74. The molecule has 3 nitrogen and oxygen atoms in total. The molecule has 0 radical (unpaired) electrons. The summed E-state index contributed by atoms with van der Waals surface area (Å²) in [5.41, 5.74) is 2.81. The number of anilines is 1. The van der Waals surface area contributed by atoms with E-state index < -0.39 is 0 Å². The fraction of sp³-hybridized carbons (Fsp3) is 0.700. The molecule has 9 unspecified atom stereocenters. The van der Waals surface area contributed by atoms with Crippen LogP contribution in [-0.2, 0) is 5.41 Å². The van der Waals surface area contributed by atoms with Crippen molar-refractivity contribution >= 4 is 5.69 Å². The molecule has 5 bridgehead atoms. The van der Waals surface area contributed by atoms with Crippen LogP contribution in [-0.4, -0.2) is 47.8 Å². The highest BCUT2D eigenvalue weighted by Crippen LogP contribution is 2.67. The normalized spacial score (nSPS) is 54.5. The molecule has 5 aliphatic heterocycles. The molecule has 23 heavy (non-hydrogen) atoms. The standard InChI is InChI=1S/C20H26N2O/c1-3-11-10-22-15-8-12(11)17-16(22)9-20(19(17)23)13-6-4-5-7-14(13)21(2)18(15)20/h4-7,11-12,15-19,23H,3,8-10H2,1-2H3. The molecule has 1 spiro atoms. The second kappa shape index (κ2) is 3.94. The number of para-hydroxylation sites is 1. The maximum absolute atomic E-state index is 11.6. The van der Waals surface area contributed by atoms with Gasteiger partial charge in [-0.3, -0.25) is 4.90 Å². The van der Waals surface area contributed by atoms with Crippen LogP contribution in [0.25, 0.3) is 0 Å². The van der Waals surface area contributed by atoms with Gasteiger partial charge in [0.15, 0.2) is 0 Å². The van der Waals surface area contributed by atoms with Crippen LogP contribution in [0.2, 0.25) is 0 Å². The number of aliphatic hydroxyl groups is 1. The van der Waals surface area contributed by atoms with E-state index in [-0.39, 0.29) is 11.5 Å². The largest absolute Gasteiger partial charge is 0.392 e. The van der Waals surface area contributed by atoms with E-state index in [4.69, 9.17) is 0 Å². The summed E-state index contributed by atoms with van der Waals surface area (Å²) in [5, 5.41) is 11.6. The molecule has 6 aliphatic rings. The summed E-state index contributed by atoms with van der Waals surface area (Å²) in [4.78, 5) is 5.34. The Morgan fingerprint density at radius 3 is 2.91 bits per heavy atom. The van der Waals surface area contributed by atoms with E-state index >= 15 is 0 Å². The molecule has 9 atom stereocenters. The van der Waals surface area contributed by atoms with E-state index in [9.17, 15) is 5.11 Å². The Morgan fingerprint density at radius 1 is 1.26 bits per heavy atom. The molecule has 1 aliphatic carbocycles. The van der Waals surface area contributed by atoms with Crippen molar-refractivity contribution in [2.75, 3.05) is 18.5 Å². The average Bonchev–Trinajstić information content (AvgIpc) is 2.98. The van der Waals surface area contributed by atoms with Gasteiger partial charge in [-0.25, -0.2) is 0 Å². The average molecular weight is 310 g/mol. The maximum Gasteiger partial charge on any atom is 0.0704 e. The molecule has 5 heterocycles. The predicted molar refractivity (Wildman–Crippen MR) is 90.6 cm³/mol. The first-order valence-electron chi connectivity index (χ1n) is 9.44. The monoisotopic (exact) mass is 310 g/mol. The van der Waals surface area contributed by atoms with Crippen molar-refractivity contribution in [2.24, 2.45) is 17.8 Å². The number of fused-ring (bicyclic) bond motifs is 2. The quantitative estimate of drug-likeness (QED) is 0.862. The molecular formula is C20H26N2O. The Bertz CT molecular complexity index is 690. The summed E-state index contributed by atoms with van der Waals surface area (Å²) in [6.07, 6.45) is 3.60. The van der Waals surface area contributed by atoms with Crippen LogP contribution in [0.5, 0.6) is 0 Å². The van der Waals surface area contributed by atoms with Crippen molar-refractivity contribution in [3.8, 4) is 0 Å². The van der Waals surface area contributed by atoms with Gasteiger partial charge in [0, 0.05) is 42.7 Å². The van der Waals surface area contributed by atoms with Crippen molar-refractivity contribution in [3.05, 3.63) is 29.8 Å². The molecule has 122 valence electrons. The summed E-state index contributed by atoms with van der Waals surface area (Å²) in [6, 6.07) is 10.6. The summed E-state index contributed by atoms with van der Waals surface area (Å²) in [5.74, 6) is 2.06. The molecule has 0 aromatic heterocycles. The lowest BCUT2D eigenvalue weighted by molar-refractivity contribution is -0.100. The van der Waals surface area contributed by atoms with Gasteiger partial charge in [-0.15, -0.1) is 0 Å². The van der Waals surface area contributed by atoms with Crippen LogP contribution >= 0.6 is 0 Å². The van der Waals surface area contributed by atoms with Crippen molar-refractivity contribution in [1.82, 2.24) is 4.90 Å². The molecule has 1 aromatic rings. The van der Waals surface area contributed by atoms with Crippen LogP contribution in [0, 0.1) is 17.8 Å². The number of benzene rings is 1. The predicted octanol–water partition coefficient (Wildman–Crippen LogP) is 2.24. The molecule has 3 heteroatoms. The maximum atomic E-state index is 11.6. The zero-order valence-electron chi connectivity index (χ0n) is 14.0. The van der Waals surface area contributed by atoms with Crippen molar-refractivity contribution in [1.29, 1.82) is 0 Å². The minimum absolute atomic E-state index is 0.000769. The van der Waals surface area contributed by atoms with E-state index in [0.717, 1.165) is 11.8 Å². The number of rotatable bonds is 1. The minimum atomic E-state index is -0.155. The van der Waals surface area contributed by atoms with E-state index in [2.05, 4.69) is 48.0 Å². The second-order valence-electron chi connectivity index (χ2n) is 8.74. The summed E-state index contributed by atoms with van der Waals surface area (Å²) in [6.45, 7) is 3.62. The Balaban J connectivity index is 1.59. The van der Waals surface area contributed by atoms with Crippen LogP contribution in [0.4, 0.5) is 5.69 Å². The molecular weight excluding hydrogens is 284 g/mol. The van der Waals surface area contributed by atoms with Gasteiger partial charge < -0.3 is 10.0 Å². The van der Waals surface area contributed by atoms with E-state index in [1.54, 1.807) is 0 Å². The third-order valence-corrected chi connectivity index (χ3v) is 8.41. The molecule has 4 saturated heterocycles. The lowest BCUT2D eigenvalue weighted by Gasteiger charge is -2.60. The van der Waals surface area contributed by atoms with E-state index in [1.165, 1.54) is 37.1 Å². The third-order valence-electron chi connectivity index (χ3n) is 8.41. The van der Waals surface area contributed by atoms with Gasteiger partial charge >= 0.3 is 0 Å². The molecule has 7 rings (SSSR count). The van der Waals surface area contributed by atoms with Crippen molar-refractivity contribution < 1.29 is 5.11 Å². The molecule has 5 fully saturated rings. The summed E-state index contributed by atoms with van der Waals surface area (Å²) in [7, 11) is 2.27. The fourth-order valence-corrected chi connectivity index (χ4v) is 7.75. The first-order chi connectivity index (χ1) is 11.2. The van der Waals surface area contributed by atoms with Gasteiger partial charge in [0.25, 0.3) is 0 Å². The molecule has 1 aromatic carbocycles. The first kappa shape index (κ1) is 13.3. The number of hydrogen-bond acceptors (Lipinski definition) is 3. The van der Waals surface area contributed by atoms with Gasteiger partial charge in [-0.1, -0.05) is 31.5 Å². The molecule has 1 N–H and O–H groups in total. The van der Waals surface area contributed by atoms with Crippen LogP contribution in [0.15, 0.2) is 24.3 Å². The van der Waals surface area contributed by atoms with Crippen LogP contribution < -0.4 is 4.90 Å². The SMILES string of the molecule is CCC1CN2C3CC45c6ccccc6N(C)C4C2CC1C3C5O. The smallest absolute Gasteiger partial charge is 0.0704 e. The Morgan fingerprint density at radius 2 is 2.09 bits per heavy atom. The highest BCUT2D eigenvalue weighted by atomic mass is 16.3. The number of piperidine rings is 4. The number of likely N-dealkylation sites (N-methyl/N-ethyl adjacent to an activating group) is 1. The molecule has 1 saturated carbocycles. The van der Waals surface area contributed by atoms with Gasteiger partial charge in [-0.05, 0) is 36.3 Å². The Labute approximate surface area is 138 Å². The highest BCUT2D eigenvalue weighted by molar-refractivity contribution is 5.67. The van der Waals surface area contributed by atoms with Gasteiger partial charge in [0.2, 0.25) is 0 Å². The first-order valence-corrected chi connectivity index (χ1v) is 9.44. The number of nitrogens with zero attached hydrogens (tertiary/aromatic N) is 2. The van der Waals surface area contributed by atoms with Crippen LogP contribution in [0.1, 0.15) is 31.7 Å². The zero-order chi connectivity index (χ0) is 15.5. The van der Waals surface area contributed by atoms with Gasteiger partial charge in [0.1, 0.15) is 0 Å². The van der Waals surface area contributed by atoms with Crippen LogP contribution in [0.3, 0.4) is 0 Å². The lowest BCUT2D eigenvalue weighted by Crippen LogP contribution is -2.69. The number of aliphatic hydroxyl groups excluding tert-OH is 1. The lowest BCUT2D eigenvalue weighted by atomic mass is 9.63. The highest BCUT2D eigenvalue weighted by Gasteiger charge is 2.74. The minimum Gasteiger partial charge on any atom is -0.392 e. The Hall–Kier alpha value is -1.06. The fourth-order valence-electron chi connectivity index (χ4n) is 7.75. The summed E-state index contributed by atoms with van der Waals surface area (Å²) >= 11 is 0. The van der Waals surface area contributed by atoms with Gasteiger partial charge in [-0.2, -0.15) is 0 Å². The van der Waals surface area contributed by atoms with Gasteiger partial charge in [0.05, 0.1) is 12.1 Å². The zero-order valence-corrected chi connectivity index (χ0v) is 14.0. The molecule has 0 amide bonds. The Kier molecular flexibility index (Phi) is 2.27. The van der Waals surface area contributed by atoms with E-state index in [1.807, 2.05) is 0 Å².